The summed E-state index contributed by atoms with van der Waals surface area (Å²) in [5.74, 6) is -0.947. The van der Waals surface area contributed by atoms with Gasteiger partial charge in [0.05, 0.1) is 5.56 Å². The van der Waals surface area contributed by atoms with E-state index >= 15 is 0 Å². The summed E-state index contributed by atoms with van der Waals surface area (Å²) in [6.45, 7) is 6.59. The Hall–Kier alpha value is -2.30. The van der Waals surface area contributed by atoms with Crippen molar-refractivity contribution >= 4 is 12.0 Å². The van der Waals surface area contributed by atoms with Crippen LogP contribution in [0.3, 0.4) is 0 Å². The molecule has 0 radical (unpaired) electrons. The lowest BCUT2D eigenvalue weighted by Gasteiger charge is -2.17. The largest absolute Gasteiger partial charge is 0.478 e. The zero-order valence-electron chi connectivity index (χ0n) is 11.8. The first-order valence-electron chi connectivity index (χ1n) is 6.35. The van der Waals surface area contributed by atoms with Gasteiger partial charge in [-0.2, -0.15) is 0 Å². The summed E-state index contributed by atoms with van der Waals surface area (Å²) >= 11 is 0. The van der Waals surface area contributed by atoms with Crippen LogP contribution in [-0.4, -0.2) is 42.1 Å². The Balaban J connectivity index is 2.44. The van der Waals surface area contributed by atoms with Crippen LogP contribution in [0.25, 0.3) is 0 Å². The van der Waals surface area contributed by atoms with E-state index in [-0.39, 0.29) is 11.6 Å². The van der Waals surface area contributed by atoms with Crippen molar-refractivity contribution in [3.8, 4) is 0 Å². The van der Waals surface area contributed by atoms with Gasteiger partial charge in [0, 0.05) is 20.1 Å². The van der Waals surface area contributed by atoms with Crippen molar-refractivity contribution in [2.24, 2.45) is 0 Å². The second kappa shape index (κ2) is 7.33. The molecule has 0 saturated carbocycles. The van der Waals surface area contributed by atoms with Crippen molar-refractivity contribution in [3.63, 3.8) is 0 Å². The minimum atomic E-state index is -0.947. The molecule has 5 heteroatoms. The monoisotopic (exact) mass is 276 g/mol. The summed E-state index contributed by atoms with van der Waals surface area (Å²) in [6.07, 6.45) is 0.591. The first-order chi connectivity index (χ1) is 9.40. The molecule has 5 nitrogen and oxygen atoms in total. The first-order valence-corrected chi connectivity index (χ1v) is 6.35. The number of nitrogens with one attached hydrogen (secondary N) is 1. The Labute approximate surface area is 118 Å². The van der Waals surface area contributed by atoms with Gasteiger partial charge in [-0.15, -0.1) is 0 Å². The Kier molecular flexibility index (Phi) is 5.77. The van der Waals surface area contributed by atoms with E-state index in [4.69, 9.17) is 5.11 Å². The van der Waals surface area contributed by atoms with Crippen LogP contribution in [0.4, 0.5) is 4.79 Å². The number of carboxylic acid groups (broad SMARTS) is 1. The van der Waals surface area contributed by atoms with Crippen LogP contribution in [0.15, 0.2) is 36.4 Å². The average molecular weight is 276 g/mol. The van der Waals surface area contributed by atoms with E-state index < -0.39 is 5.97 Å². The summed E-state index contributed by atoms with van der Waals surface area (Å²) in [7, 11) is 1.70. The van der Waals surface area contributed by atoms with Crippen molar-refractivity contribution in [1.82, 2.24) is 10.2 Å². The number of hydrogen-bond donors (Lipinski definition) is 2. The first kappa shape index (κ1) is 15.8. The third kappa shape index (κ3) is 5.14. The lowest BCUT2D eigenvalue weighted by atomic mass is 10.1. The van der Waals surface area contributed by atoms with E-state index in [0.717, 1.165) is 11.1 Å². The summed E-state index contributed by atoms with van der Waals surface area (Å²) in [5.41, 5.74) is 2.05. The maximum absolute atomic E-state index is 11.7. The smallest absolute Gasteiger partial charge is 0.335 e. The lowest BCUT2D eigenvalue weighted by Crippen LogP contribution is -2.38. The Morgan fingerprint density at radius 1 is 1.40 bits per heavy atom. The number of carboxylic acids is 1. The molecular formula is C15H20N2O3. The second-order valence-corrected chi connectivity index (χ2v) is 4.80. The van der Waals surface area contributed by atoms with E-state index in [1.165, 1.54) is 0 Å². The summed E-state index contributed by atoms with van der Waals surface area (Å²) in [4.78, 5) is 24.1. The lowest BCUT2D eigenvalue weighted by molar-refractivity contribution is 0.0696. The molecule has 1 rings (SSSR count). The van der Waals surface area contributed by atoms with Crippen LogP contribution in [0.2, 0.25) is 0 Å². The van der Waals surface area contributed by atoms with Crippen LogP contribution in [-0.2, 0) is 6.42 Å². The van der Waals surface area contributed by atoms with Crippen LogP contribution in [0, 0.1) is 0 Å². The zero-order chi connectivity index (χ0) is 15.1. The average Bonchev–Trinajstić information content (AvgIpc) is 2.38. The quantitative estimate of drug-likeness (QED) is 0.782. The highest BCUT2D eigenvalue weighted by Gasteiger charge is 2.08. The number of likely N-dealkylation sites (N-methyl/N-ethyl adjacent to an activating group) is 1. The predicted octanol–water partition coefficient (Wildman–Crippen LogP) is 2.14. The fourth-order valence-electron chi connectivity index (χ4n) is 1.79. The SMILES string of the molecule is C=C(C)CN(C)C(=O)NCCc1cccc(C(=O)O)c1. The highest BCUT2D eigenvalue weighted by Crippen LogP contribution is 2.05. The molecule has 0 saturated heterocycles. The van der Waals surface area contributed by atoms with Gasteiger partial charge in [-0.3, -0.25) is 0 Å². The molecule has 0 aromatic heterocycles. The van der Waals surface area contributed by atoms with Crippen LogP contribution < -0.4 is 5.32 Å². The maximum atomic E-state index is 11.7. The number of rotatable bonds is 6. The van der Waals surface area contributed by atoms with Gasteiger partial charge in [-0.1, -0.05) is 24.3 Å². The molecule has 2 amide bonds. The number of benzene rings is 1. The summed E-state index contributed by atoms with van der Waals surface area (Å²) < 4.78 is 0. The standard InChI is InChI=1S/C15H20N2O3/c1-11(2)10-17(3)15(20)16-8-7-12-5-4-6-13(9-12)14(18)19/h4-6,9H,1,7-8,10H2,2-3H3,(H,16,20)(H,18,19). The third-order valence-corrected chi connectivity index (χ3v) is 2.72. The molecule has 0 atom stereocenters. The molecule has 1 aromatic rings. The molecule has 0 heterocycles. The summed E-state index contributed by atoms with van der Waals surface area (Å²) in [5, 5.41) is 11.7. The maximum Gasteiger partial charge on any atom is 0.335 e. The van der Waals surface area contributed by atoms with Gasteiger partial charge in [0.2, 0.25) is 0 Å². The van der Waals surface area contributed by atoms with Gasteiger partial charge >= 0.3 is 12.0 Å². The van der Waals surface area contributed by atoms with Crippen molar-refractivity contribution in [3.05, 3.63) is 47.5 Å². The van der Waals surface area contributed by atoms with Gasteiger partial charge in [0.1, 0.15) is 0 Å². The van der Waals surface area contributed by atoms with Gasteiger partial charge < -0.3 is 15.3 Å². The number of carbonyl (C=O) groups is 2. The minimum absolute atomic E-state index is 0.164. The Morgan fingerprint density at radius 3 is 2.70 bits per heavy atom. The van der Waals surface area contributed by atoms with Crippen LogP contribution >= 0.6 is 0 Å². The number of nitrogens with zero attached hydrogens (tertiary/aromatic N) is 1. The minimum Gasteiger partial charge on any atom is -0.478 e. The van der Waals surface area contributed by atoms with Gasteiger partial charge in [-0.05, 0) is 31.0 Å². The number of aromatic carboxylic acids is 1. The number of amides is 2. The Morgan fingerprint density at radius 2 is 2.10 bits per heavy atom. The molecule has 108 valence electrons. The van der Waals surface area contributed by atoms with Gasteiger partial charge in [0.15, 0.2) is 0 Å². The van der Waals surface area contributed by atoms with Gasteiger partial charge in [0.25, 0.3) is 0 Å². The van der Waals surface area contributed by atoms with Crippen LogP contribution in [0.5, 0.6) is 0 Å². The fourth-order valence-corrected chi connectivity index (χ4v) is 1.79. The third-order valence-electron chi connectivity index (χ3n) is 2.72. The molecule has 0 fully saturated rings. The molecule has 2 N–H and O–H groups in total. The fraction of sp³-hybridized carbons (Fsp3) is 0.333. The van der Waals surface area contributed by atoms with Crippen LogP contribution in [0.1, 0.15) is 22.8 Å². The molecule has 20 heavy (non-hydrogen) atoms. The predicted molar refractivity (Wildman–Crippen MR) is 77.9 cm³/mol. The topological polar surface area (TPSA) is 69.6 Å². The molecule has 1 aromatic carbocycles. The molecule has 0 aliphatic carbocycles. The molecule has 0 aliphatic rings. The second-order valence-electron chi connectivity index (χ2n) is 4.80. The molecule has 0 unspecified atom stereocenters. The molecule has 0 spiro atoms. The summed E-state index contributed by atoms with van der Waals surface area (Å²) in [6, 6.07) is 6.55. The normalized spacial score (nSPS) is 9.90. The van der Waals surface area contributed by atoms with E-state index in [1.54, 1.807) is 30.1 Å². The number of carbonyl (C=O) groups excluding carboxylic acids is 1. The van der Waals surface area contributed by atoms with E-state index in [0.29, 0.717) is 19.5 Å². The van der Waals surface area contributed by atoms with Crippen molar-refractivity contribution in [2.45, 2.75) is 13.3 Å². The molecular weight excluding hydrogens is 256 g/mol. The zero-order valence-corrected chi connectivity index (χ0v) is 11.8. The Bertz CT molecular complexity index is 512. The number of hydrogen-bond acceptors (Lipinski definition) is 2. The molecule has 0 bridgehead atoms. The van der Waals surface area contributed by atoms with Gasteiger partial charge in [-0.25, -0.2) is 9.59 Å². The number of urea groups is 1. The molecule has 0 aliphatic heterocycles. The highest BCUT2D eigenvalue weighted by molar-refractivity contribution is 5.87. The van der Waals surface area contributed by atoms with Crippen molar-refractivity contribution in [1.29, 1.82) is 0 Å². The van der Waals surface area contributed by atoms with Crippen molar-refractivity contribution < 1.29 is 14.7 Å². The van der Waals surface area contributed by atoms with E-state index in [9.17, 15) is 9.59 Å². The van der Waals surface area contributed by atoms with E-state index in [1.807, 2.05) is 13.0 Å². The van der Waals surface area contributed by atoms with Crippen molar-refractivity contribution in [2.75, 3.05) is 20.1 Å². The highest BCUT2D eigenvalue weighted by atomic mass is 16.4. The van der Waals surface area contributed by atoms with E-state index in [2.05, 4.69) is 11.9 Å².